The smallest absolute Gasteiger partial charge is 0.188 e. The standard InChI is InChI=1S/C17H14N4O2S2/c1-23-14-4-3-11(25(18)22)8-13(14)20-17-21-16-12-6-7-19-9-10(12)2-5-15(16)24-17/h2-9H,18H2,1H3,(H,20,21). The SMILES string of the molecule is COc1ccc(S(N)=O)cc1Nc1nc2c(ccc3cnccc32)s1. The maximum absolute atomic E-state index is 11.5. The summed E-state index contributed by atoms with van der Waals surface area (Å²) >= 11 is 1.54. The second-order valence-corrected chi connectivity index (χ2v) is 7.41. The first-order chi connectivity index (χ1) is 12.2. The molecule has 0 spiro atoms. The van der Waals surface area contributed by atoms with Crippen LogP contribution in [0.2, 0.25) is 0 Å². The first-order valence-electron chi connectivity index (χ1n) is 7.40. The molecule has 4 rings (SSSR count). The van der Waals surface area contributed by atoms with E-state index >= 15 is 0 Å². The fourth-order valence-corrected chi connectivity index (χ4v) is 3.97. The molecule has 0 fully saturated rings. The average Bonchev–Trinajstić information content (AvgIpc) is 3.04. The Hall–Kier alpha value is -2.55. The van der Waals surface area contributed by atoms with Crippen LogP contribution in [0.4, 0.5) is 10.8 Å². The number of aromatic nitrogens is 2. The highest BCUT2D eigenvalue weighted by Gasteiger charge is 2.11. The number of nitrogens with zero attached hydrogens (tertiary/aromatic N) is 2. The Kier molecular flexibility index (Phi) is 4.08. The lowest BCUT2D eigenvalue weighted by Crippen LogP contribution is -2.04. The molecule has 2 aromatic carbocycles. The first-order valence-corrected chi connectivity index (χ1v) is 9.43. The third kappa shape index (κ3) is 2.95. The van der Waals surface area contributed by atoms with E-state index in [0.717, 1.165) is 26.1 Å². The number of thiazole rings is 1. The van der Waals surface area contributed by atoms with Gasteiger partial charge >= 0.3 is 0 Å². The molecule has 1 unspecified atom stereocenters. The van der Waals surface area contributed by atoms with Crippen LogP contribution in [0.5, 0.6) is 5.75 Å². The van der Waals surface area contributed by atoms with Crippen molar-refractivity contribution < 1.29 is 8.95 Å². The fourth-order valence-electron chi connectivity index (χ4n) is 2.64. The number of hydrogen-bond donors (Lipinski definition) is 2. The van der Waals surface area contributed by atoms with Crippen molar-refractivity contribution in [2.45, 2.75) is 4.90 Å². The summed E-state index contributed by atoms with van der Waals surface area (Å²) in [5.74, 6) is 0.627. The summed E-state index contributed by atoms with van der Waals surface area (Å²) in [6.45, 7) is 0. The molecule has 0 aliphatic heterocycles. The van der Waals surface area contributed by atoms with Crippen molar-refractivity contribution in [1.29, 1.82) is 0 Å². The number of nitrogens with two attached hydrogens (primary N) is 1. The third-order valence-electron chi connectivity index (χ3n) is 3.82. The van der Waals surface area contributed by atoms with Crippen LogP contribution in [0.3, 0.4) is 0 Å². The Morgan fingerprint density at radius 1 is 1.24 bits per heavy atom. The Labute approximate surface area is 150 Å². The van der Waals surface area contributed by atoms with Gasteiger partial charge in [-0.15, -0.1) is 0 Å². The summed E-state index contributed by atoms with van der Waals surface area (Å²) in [5, 5.41) is 11.5. The number of nitrogens with one attached hydrogen (secondary N) is 1. The van der Waals surface area contributed by atoms with Crippen molar-refractivity contribution in [2.75, 3.05) is 12.4 Å². The number of methoxy groups -OCH3 is 1. The minimum atomic E-state index is -1.56. The maximum atomic E-state index is 11.5. The lowest BCUT2D eigenvalue weighted by molar-refractivity contribution is 0.416. The van der Waals surface area contributed by atoms with Gasteiger partial charge in [0.2, 0.25) is 0 Å². The second-order valence-electron chi connectivity index (χ2n) is 5.31. The normalized spacial score (nSPS) is 12.4. The monoisotopic (exact) mass is 370 g/mol. The summed E-state index contributed by atoms with van der Waals surface area (Å²) < 4.78 is 18.0. The van der Waals surface area contributed by atoms with Gasteiger partial charge in [0.05, 0.1) is 27.9 Å². The van der Waals surface area contributed by atoms with E-state index in [1.165, 1.54) is 11.3 Å². The molecule has 0 bridgehead atoms. The molecule has 3 N–H and O–H groups in total. The molecule has 126 valence electrons. The number of fused-ring (bicyclic) bond motifs is 3. The minimum Gasteiger partial charge on any atom is -0.495 e. The zero-order chi connectivity index (χ0) is 17.4. The maximum Gasteiger partial charge on any atom is 0.188 e. The van der Waals surface area contributed by atoms with Crippen LogP contribution in [0.15, 0.2) is 53.7 Å². The van der Waals surface area contributed by atoms with Gasteiger partial charge in [0.1, 0.15) is 16.7 Å². The molecular weight excluding hydrogens is 356 g/mol. The molecule has 0 aliphatic carbocycles. The molecule has 0 saturated carbocycles. The van der Waals surface area contributed by atoms with Gasteiger partial charge in [0, 0.05) is 23.2 Å². The van der Waals surface area contributed by atoms with Crippen molar-refractivity contribution in [1.82, 2.24) is 9.97 Å². The number of benzene rings is 2. The van der Waals surface area contributed by atoms with Crippen LogP contribution in [0.1, 0.15) is 0 Å². The number of hydrogen-bond acceptors (Lipinski definition) is 6. The van der Waals surface area contributed by atoms with Crippen LogP contribution in [-0.4, -0.2) is 21.3 Å². The lowest BCUT2D eigenvalue weighted by atomic mass is 10.1. The Balaban J connectivity index is 1.79. The molecule has 6 nitrogen and oxygen atoms in total. The summed E-state index contributed by atoms with van der Waals surface area (Å²) in [7, 11) is 0.0215. The fraction of sp³-hybridized carbons (Fsp3) is 0.0588. The van der Waals surface area contributed by atoms with E-state index in [9.17, 15) is 4.21 Å². The molecule has 25 heavy (non-hydrogen) atoms. The highest BCUT2D eigenvalue weighted by atomic mass is 32.2. The van der Waals surface area contributed by atoms with Crippen molar-refractivity contribution >= 4 is 54.1 Å². The molecule has 0 radical (unpaired) electrons. The van der Waals surface area contributed by atoms with Crippen LogP contribution in [0.25, 0.3) is 21.0 Å². The van der Waals surface area contributed by atoms with Gasteiger partial charge in [-0.25, -0.2) is 14.3 Å². The Morgan fingerprint density at radius 3 is 2.92 bits per heavy atom. The largest absolute Gasteiger partial charge is 0.495 e. The third-order valence-corrected chi connectivity index (χ3v) is 5.47. The van der Waals surface area contributed by atoms with E-state index in [1.54, 1.807) is 31.5 Å². The van der Waals surface area contributed by atoms with Crippen molar-refractivity contribution in [3.8, 4) is 5.75 Å². The Bertz CT molecular complexity index is 1110. The van der Waals surface area contributed by atoms with Gasteiger partial charge in [0.25, 0.3) is 0 Å². The van der Waals surface area contributed by atoms with Gasteiger partial charge in [-0.2, -0.15) is 0 Å². The Morgan fingerprint density at radius 2 is 2.12 bits per heavy atom. The lowest BCUT2D eigenvalue weighted by Gasteiger charge is -2.10. The van der Waals surface area contributed by atoms with E-state index in [1.807, 2.05) is 24.4 Å². The second kappa shape index (κ2) is 6.40. The molecule has 0 amide bonds. The summed E-state index contributed by atoms with van der Waals surface area (Å²) in [5.41, 5.74) is 1.59. The summed E-state index contributed by atoms with van der Waals surface area (Å²) in [6, 6.07) is 11.1. The van der Waals surface area contributed by atoms with E-state index in [-0.39, 0.29) is 0 Å². The molecular formula is C17H14N4O2S2. The average molecular weight is 370 g/mol. The predicted octanol–water partition coefficient (Wildman–Crippen LogP) is 3.58. The number of ether oxygens (including phenoxy) is 1. The van der Waals surface area contributed by atoms with Gasteiger partial charge < -0.3 is 10.1 Å². The van der Waals surface area contributed by atoms with E-state index < -0.39 is 11.0 Å². The number of anilines is 2. The van der Waals surface area contributed by atoms with E-state index in [0.29, 0.717) is 16.3 Å². The minimum absolute atomic E-state index is 0.515. The molecule has 2 heterocycles. The van der Waals surface area contributed by atoms with Gasteiger partial charge in [-0.05, 0) is 30.3 Å². The zero-order valence-electron chi connectivity index (χ0n) is 13.2. The van der Waals surface area contributed by atoms with Crippen LogP contribution < -0.4 is 15.2 Å². The number of rotatable bonds is 4. The molecule has 4 aromatic rings. The van der Waals surface area contributed by atoms with Crippen LogP contribution in [0, 0.1) is 0 Å². The molecule has 0 aliphatic rings. The van der Waals surface area contributed by atoms with Gasteiger partial charge in [-0.1, -0.05) is 17.4 Å². The summed E-state index contributed by atoms with van der Waals surface area (Å²) in [4.78, 5) is 9.36. The van der Waals surface area contributed by atoms with Crippen molar-refractivity contribution in [3.05, 3.63) is 48.8 Å². The van der Waals surface area contributed by atoms with Crippen LogP contribution >= 0.6 is 11.3 Å². The summed E-state index contributed by atoms with van der Waals surface area (Å²) in [6.07, 6.45) is 3.58. The molecule has 1 atom stereocenters. The highest BCUT2D eigenvalue weighted by molar-refractivity contribution is 7.82. The van der Waals surface area contributed by atoms with E-state index in [2.05, 4.69) is 10.3 Å². The van der Waals surface area contributed by atoms with Crippen LogP contribution in [-0.2, 0) is 11.0 Å². The molecule has 2 aromatic heterocycles. The van der Waals surface area contributed by atoms with Gasteiger partial charge in [0.15, 0.2) is 5.13 Å². The van der Waals surface area contributed by atoms with Crippen molar-refractivity contribution in [2.24, 2.45) is 5.14 Å². The zero-order valence-corrected chi connectivity index (χ0v) is 14.9. The van der Waals surface area contributed by atoms with Gasteiger partial charge in [-0.3, -0.25) is 4.98 Å². The quantitative estimate of drug-likeness (QED) is 0.573. The van der Waals surface area contributed by atoms with Crippen molar-refractivity contribution in [3.63, 3.8) is 0 Å². The molecule has 0 saturated heterocycles. The number of pyridine rings is 1. The first kappa shape index (κ1) is 15.9. The van der Waals surface area contributed by atoms with E-state index in [4.69, 9.17) is 14.9 Å². The predicted molar refractivity (Wildman–Crippen MR) is 102 cm³/mol. The molecule has 8 heteroatoms. The highest BCUT2D eigenvalue weighted by Crippen LogP contribution is 2.35. The topological polar surface area (TPSA) is 90.1 Å².